The van der Waals surface area contributed by atoms with Crippen LogP contribution in [0.5, 0.6) is 11.5 Å². The molecule has 5 nitrogen and oxygen atoms in total. The van der Waals surface area contributed by atoms with Gasteiger partial charge in [-0.3, -0.25) is 0 Å². The Morgan fingerprint density at radius 3 is 2.52 bits per heavy atom. The summed E-state index contributed by atoms with van der Waals surface area (Å²) >= 11 is 12.9. The molecule has 1 aliphatic heterocycles. The Balaban J connectivity index is 1.89. The van der Waals surface area contributed by atoms with Crippen LogP contribution in [-0.2, 0) is 0 Å². The summed E-state index contributed by atoms with van der Waals surface area (Å²) in [6, 6.07) is 14.5. The number of aromatic hydroxyl groups is 1. The number of anilines is 1. The minimum absolute atomic E-state index is 0.0864. The minimum atomic E-state index is 0.0864. The van der Waals surface area contributed by atoms with Crippen molar-refractivity contribution in [2.75, 3.05) is 25.1 Å². The molecule has 0 bridgehead atoms. The Kier molecular flexibility index (Phi) is 5.54. The van der Waals surface area contributed by atoms with Gasteiger partial charge in [0.25, 0.3) is 0 Å². The van der Waals surface area contributed by atoms with Gasteiger partial charge in [0.1, 0.15) is 17.3 Å². The highest BCUT2D eigenvalue weighted by Gasteiger charge is 2.23. The second-order valence-electron chi connectivity index (χ2n) is 7.07. The minimum Gasteiger partial charge on any atom is -0.507 e. The molecule has 0 aliphatic carbocycles. The summed E-state index contributed by atoms with van der Waals surface area (Å²) in [7, 11) is 1.56. The van der Waals surface area contributed by atoms with Crippen molar-refractivity contribution in [1.82, 2.24) is 4.98 Å². The summed E-state index contributed by atoms with van der Waals surface area (Å²) in [6.45, 7) is 1.54. The Bertz CT molecular complexity index is 1040. The first-order chi connectivity index (χ1) is 14.0. The summed E-state index contributed by atoms with van der Waals surface area (Å²) in [5.74, 6) is 1.43. The van der Waals surface area contributed by atoms with E-state index in [0.717, 1.165) is 36.5 Å². The fourth-order valence-electron chi connectivity index (χ4n) is 3.58. The topological polar surface area (TPSA) is 71.6 Å². The highest BCUT2D eigenvalue weighted by Crippen LogP contribution is 2.40. The maximum atomic E-state index is 10.5. The fraction of sp³-hybridized carbons (Fsp3) is 0.227. The van der Waals surface area contributed by atoms with Crippen LogP contribution in [0.3, 0.4) is 0 Å². The van der Waals surface area contributed by atoms with Crippen LogP contribution in [0.2, 0.25) is 10.0 Å². The van der Waals surface area contributed by atoms with E-state index in [-0.39, 0.29) is 11.8 Å². The van der Waals surface area contributed by atoms with Crippen LogP contribution in [0.1, 0.15) is 6.42 Å². The van der Waals surface area contributed by atoms with Crippen LogP contribution in [0, 0.1) is 0 Å². The molecule has 1 fully saturated rings. The van der Waals surface area contributed by atoms with Crippen molar-refractivity contribution in [1.29, 1.82) is 0 Å². The first kappa shape index (κ1) is 19.8. The van der Waals surface area contributed by atoms with Crippen LogP contribution in [-0.4, -0.2) is 36.3 Å². The maximum Gasteiger partial charge on any atom is 0.129 e. The highest BCUT2D eigenvalue weighted by atomic mass is 35.5. The summed E-state index contributed by atoms with van der Waals surface area (Å²) in [6.07, 6.45) is 0.905. The highest BCUT2D eigenvalue weighted by molar-refractivity contribution is 6.39. The molecule has 1 atom stereocenters. The van der Waals surface area contributed by atoms with Gasteiger partial charge in [0.05, 0.1) is 12.8 Å². The summed E-state index contributed by atoms with van der Waals surface area (Å²) in [5, 5.41) is 11.6. The molecule has 0 spiro atoms. The first-order valence-corrected chi connectivity index (χ1v) is 10.1. The molecular formula is C22H21Cl2N3O2. The van der Waals surface area contributed by atoms with Crippen LogP contribution in [0.25, 0.3) is 22.4 Å². The van der Waals surface area contributed by atoms with Crippen LogP contribution in [0.15, 0.2) is 48.5 Å². The molecule has 2 heterocycles. The number of halogens is 2. The van der Waals surface area contributed by atoms with Crippen molar-refractivity contribution < 1.29 is 9.84 Å². The van der Waals surface area contributed by atoms with Gasteiger partial charge in [-0.05, 0) is 48.4 Å². The number of methoxy groups -OCH3 is 1. The Morgan fingerprint density at radius 2 is 1.90 bits per heavy atom. The van der Waals surface area contributed by atoms with Crippen molar-refractivity contribution in [3.63, 3.8) is 0 Å². The van der Waals surface area contributed by atoms with Crippen molar-refractivity contribution >= 4 is 29.0 Å². The number of rotatable bonds is 4. The molecule has 29 heavy (non-hydrogen) atoms. The normalized spacial score (nSPS) is 16.3. The van der Waals surface area contributed by atoms with E-state index in [1.54, 1.807) is 37.4 Å². The van der Waals surface area contributed by atoms with Crippen molar-refractivity contribution in [2.24, 2.45) is 5.73 Å². The second kappa shape index (κ2) is 8.11. The predicted molar refractivity (Wildman–Crippen MR) is 118 cm³/mol. The van der Waals surface area contributed by atoms with Gasteiger partial charge in [-0.15, -0.1) is 0 Å². The number of phenolic OH excluding ortho intramolecular Hbond substituents is 1. The van der Waals surface area contributed by atoms with Crippen molar-refractivity contribution in [3.05, 3.63) is 58.6 Å². The van der Waals surface area contributed by atoms with Gasteiger partial charge < -0.3 is 20.5 Å². The number of benzene rings is 2. The molecular weight excluding hydrogens is 409 g/mol. The van der Waals surface area contributed by atoms with Gasteiger partial charge in [0.2, 0.25) is 0 Å². The molecule has 150 valence electrons. The molecule has 1 unspecified atom stereocenters. The molecule has 0 saturated carbocycles. The Labute approximate surface area is 179 Å². The van der Waals surface area contributed by atoms with Gasteiger partial charge in [-0.1, -0.05) is 29.3 Å². The molecule has 3 N–H and O–H groups in total. The van der Waals surface area contributed by atoms with Crippen molar-refractivity contribution in [3.8, 4) is 33.9 Å². The predicted octanol–water partition coefficient (Wildman–Crippen LogP) is 4.97. The van der Waals surface area contributed by atoms with Crippen LogP contribution in [0.4, 0.5) is 5.82 Å². The molecule has 0 amide bonds. The number of nitrogens with two attached hydrogens (primary N) is 1. The zero-order valence-corrected chi connectivity index (χ0v) is 17.4. The number of phenols is 1. The van der Waals surface area contributed by atoms with E-state index in [9.17, 15) is 5.11 Å². The molecule has 0 radical (unpaired) electrons. The van der Waals surface area contributed by atoms with Gasteiger partial charge in [-0.2, -0.15) is 0 Å². The lowest BCUT2D eigenvalue weighted by Crippen LogP contribution is -2.27. The van der Waals surface area contributed by atoms with E-state index < -0.39 is 0 Å². The second-order valence-corrected chi connectivity index (χ2v) is 7.89. The largest absolute Gasteiger partial charge is 0.507 e. The molecule has 3 aromatic rings. The molecule has 2 aromatic carbocycles. The van der Waals surface area contributed by atoms with E-state index in [0.29, 0.717) is 27.1 Å². The Morgan fingerprint density at radius 1 is 1.14 bits per heavy atom. The number of hydrogen-bond donors (Lipinski definition) is 2. The monoisotopic (exact) mass is 429 g/mol. The Hall–Kier alpha value is -2.47. The number of pyridine rings is 1. The smallest absolute Gasteiger partial charge is 0.129 e. The zero-order valence-electron chi connectivity index (χ0n) is 15.9. The van der Waals surface area contributed by atoms with Crippen molar-refractivity contribution in [2.45, 2.75) is 12.5 Å². The van der Waals surface area contributed by atoms with Gasteiger partial charge in [0.15, 0.2) is 0 Å². The molecule has 1 saturated heterocycles. The SMILES string of the molecule is COc1ccc(-c2cc(-c3c(Cl)cccc3Cl)cc(N3CCC(N)C3)n2)c(O)c1. The third-order valence-corrected chi connectivity index (χ3v) is 5.72. The summed E-state index contributed by atoms with van der Waals surface area (Å²) in [5.41, 5.74) is 8.88. The number of aromatic nitrogens is 1. The lowest BCUT2D eigenvalue weighted by atomic mass is 10.0. The third-order valence-electron chi connectivity index (χ3n) is 5.09. The van der Waals surface area contributed by atoms with E-state index in [4.69, 9.17) is 38.7 Å². The van der Waals surface area contributed by atoms with E-state index in [2.05, 4.69) is 4.90 Å². The number of nitrogens with zero attached hydrogens (tertiary/aromatic N) is 2. The fourth-order valence-corrected chi connectivity index (χ4v) is 4.20. The molecule has 1 aliphatic rings. The number of ether oxygens (including phenoxy) is 1. The molecule has 1 aromatic heterocycles. The quantitative estimate of drug-likeness (QED) is 0.611. The van der Waals surface area contributed by atoms with Crippen LogP contribution >= 0.6 is 23.2 Å². The van der Waals surface area contributed by atoms with E-state index in [1.807, 2.05) is 18.2 Å². The third kappa shape index (κ3) is 3.99. The maximum absolute atomic E-state index is 10.5. The average molecular weight is 430 g/mol. The first-order valence-electron chi connectivity index (χ1n) is 9.30. The standard InChI is InChI=1S/C22H21Cl2N3O2/c1-29-15-5-6-16(20(28)11-15)19-9-13(22-17(23)3-2-4-18(22)24)10-21(26-19)27-8-7-14(25)12-27/h2-6,9-11,14,28H,7-8,12,25H2,1H3. The lowest BCUT2D eigenvalue weighted by Gasteiger charge is -2.20. The van der Waals surface area contributed by atoms with E-state index in [1.165, 1.54) is 0 Å². The molecule has 4 rings (SSSR count). The lowest BCUT2D eigenvalue weighted by molar-refractivity contribution is 0.408. The average Bonchev–Trinajstić information content (AvgIpc) is 3.14. The zero-order chi connectivity index (χ0) is 20.5. The van der Waals surface area contributed by atoms with Gasteiger partial charge in [0, 0.05) is 46.4 Å². The van der Waals surface area contributed by atoms with Gasteiger partial charge in [-0.25, -0.2) is 4.98 Å². The summed E-state index contributed by atoms with van der Waals surface area (Å²) in [4.78, 5) is 6.95. The van der Waals surface area contributed by atoms with Crippen LogP contribution < -0.4 is 15.4 Å². The number of hydrogen-bond acceptors (Lipinski definition) is 5. The van der Waals surface area contributed by atoms with Gasteiger partial charge >= 0.3 is 0 Å². The summed E-state index contributed by atoms with van der Waals surface area (Å²) < 4.78 is 5.19. The molecule has 7 heteroatoms. The van der Waals surface area contributed by atoms with E-state index >= 15 is 0 Å².